The van der Waals surface area contributed by atoms with Crippen molar-refractivity contribution in [3.05, 3.63) is 5.89 Å². The molecule has 6 heteroatoms. The molecule has 16 heavy (non-hydrogen) atoms. The summed E-state index contributed by atoms with van der Waals surface area (Å²) in [5, 5.41) is 14.4. The maximum atomic E-state index is 5.48. The van der Waals surface area contributed by atoms with Gasteiger partial charge in [0.15, 0.2) is 0 Å². The number of aromatic nitrogens is 2. The zero-order valence-electron chi connectivity index (χ0n) is 9.53. The fourth-order valence-corrected chi connectivity index (χ4v) is 2.72. The first-order valence-corrected chi connectivity index (χ1v) is 6.91. The van der Waals surface area contributed by atoms with Gasteiger partial charge in [-0.25, -0.2) is 0 Å². The molecule has 0 radical (unpaired) electrons. The minimum atomic E-state index is 0.478. The van der Waals surface area contributed by atoms with Crippen molar-refractivity contribution in [3.8, 4) is 0 Å². The molecule has 0 bridgehead atoms. The Morgan fingerprint density at radius 2 is 2.44 bits per heavy atom. The van der Waals surface area contributed by atoms with Gasteiger partial charge in [-0.2, -0.15) is 11.8 Å². The molecule has 1 unspecified atom stereocenters. The van der Waals surface area contributed by atoms with E-state index in [0.29, 0.717) is 24.5 Å². The highest BCUT2D eigenvalue weighted by atomic mass is 32.2. The summed E-state index contributed by atoms with van der Waals surface area (Å²) < 4.78 is 5.48. The number of hydrogen-bond donors (Lipinski definition) is 2. The number of thioether (sulfide) groups is 1. The van der Waals surface area contributed by atoms with Crippen LogP contribution in [0.4, 0.5) is 6.01 Å². The summed E-state index contributed by atoms with van der Waals surface area (Å²) in [6.45, 7) is 3.60. The maximum absolute atomic E-state index is 5.48. The molecule has 1 aromatic heterocycles. The van der Waals surface area contributed by atoms with E-state index in [1.165, 1.54) is 18.6 Å². The van der Waals surface area contributed by atoms with Gasteiger partial charge in [0.1, 0.15) is 0 Å². The molecule has 1 aliphatic rings. The molecule has 2 N–H and O–H groups in total. The van der Waals surface area contributed by atoms with E-state index in [9.17, 15) is 0 Å². The number of anilines is 1. The fraction of sp³-hybridized carbons (Fsp3) is 0.800. The van der Waals surface area contributed by atoms with Crippen LogP contribution < -0.4 is 10.6 Å². The topological polar surface area (TPSA) is 63.0 Å². The first-order valence-electron chi connectivity index (χ1n) is 5.76. The average molecular weight is 242 g/mol. The van der Waals surface area contributed by atoms with E-state index in [2.05, 4.69) is 27.8 Å². The normalized spacial score (nSPS) is 20.9. The lowest BCUT2D eigenvalue weighted by Gasteiger charge is -2.20. The molecule has 1 aromatic rings. The van der Waals surface area contributed by atoms with E-state index in [0.717, 1.165) is 12.3 Å². The van der Waals surface area contributed by atoms with Crippen molar-refractivity contribution in [2.24, 2.45) is 0 Å². The van der Waals surface area contributed by atoms with E-state index in [4.69, 9.17) is 4.42 Å². The van der Waals surface area contributed by atoms with Gasteiger partial charge in [0.2, 0.25) is 5.89 Å². The third-order valence-electron chi connectivity index (χ3n) is 2.48. The lowest BCUT2D eigenvalue weighted by atomic mass is 10.2. The van der Waals surface area contributed by atoms with Crippen molar-refractivity contribution in [2.45, 2.75) is 32.4 Å². The highest BCUT2D eigenvalue weighted by Crippen LogP contribution is 2.20. The molecule has 5 nitrogen and oxygen atoms in total. The molecule has 0 spiro atoms. The molecule has 0 saturated carbocycles. The lowest BCUT2D eigenvalue weighted by molar-refractivity contribution is 0.476. The molecule has 2 rings (SSSR count). The maximum Gasteiger partial charge on any atom is 0.315 e. The molecular formula is C10H18N4OS. The van der Waals surface area contributed by atoms with Gasteiger partial charge < -0.3 is 15.1 Å². The van der Waals surface area contributed by atoms with E-state index in [-0.39, 0.29) is 0 Å². The Bertz CT molecular complexity index is 312. The Balaban J connectivity index is 1.81. The van der Waals surface area contributed by atoms with Crippen LogP contribution in [0.5, 0.6) is 0 Å². The Morgan fingerprint density at radius 1 is 1.50 bits per heavy atom. The van der Waals surface area contributed by atoms with Gasteiger partial charge in [-0.1, -0.05) is 12.0 Å². The molecule has 0 aliphatic carbocycles. The van der Waals surface area contributed by atoms with Crippen molar-refractivity contribution in [2.75, 3.05) is 23.4 Å². The van der Waals surface area contributed by atoms with Crippen LogP contribution in [-0.2, 0) is 6.54 Å². The van der Waals surface area contributed by atoms with Gasteiger partial charge in [-0.3, -0.25) is 0 Å². The Kier molecular flexibility index (Phi) is 4.47. The standard InChI is InChI=1S/C10H18N4OS/c1-2-11-6-9-13-14-10(15-9)12-8-4-3-5-16-7-8/h8,11H,2-7H2,1H3,(H,12,14). The van der Waals surface area contributed by atoms with Gasteiger partial charge in [0.05, 0.1) is 6.54 Å². The van der Waals surface area contributed by atoms with E-state index in [1.807, 2.05) is 11.8 Å². The molecule has 1 saturated heterocycles. The third kappa shape index (κ3) is 3.38. The average Bonchev–Trinajstić information content (AvgIpc) is 2.75. The lowest BCUT2D eigenvalue weighted by Crippen LogP contribution is -2.25. The second kappa shape index (κ2) is 6.10. The highest BCUT2D eigenvalue weighted by molar-refractivity contribution is 7.99. The second-order valence-electron chi connectivity index (χ2n) is 3.84. The summed E-state index contributed by atoms with van der Waals surface area (Å²) in [6, 6.07) is 1.03. The van der Waals surface area contributed by atoms with Crippen molar-refractivity contribution in [1.29, 1.82) is 0 Å². The second-order valence-corrected chi connectivity index (χ2v) is 4.99. The van der Waals surface area contributed by atoms with Crippen LogP contribution in [0.15, 0.2) is 4.42 Å². The molecule has 1 atom stereocenters. The summed E-state index contributed by atoms with van der Waals surface area (Å²) in [6.07, 6.45) is 2.46. The van der Waals surface area contributed by atoms with E-state index in [1.54, 1.807) is 0 Å². The Hall–Kier alpha value is -0.750. The third-order valence-corrected chi connectivity index (χ3v) is 3.70. The van der Waals surface area contributed by atoms with E-state index >= 15 is 0 Å². The first-order chi connectivity index (χ1) is 7.88. The van der Waals surface area contributed by atoms with Gasteiger partial charge in [0.25, 0.3) is 0 Å². The van der Waals surface area contributed by atoms with Gasteiger partial charge in [0, 0.05) is 11.8 Å². The van der Waals surface area contributed by atoms with Gasteiger partial charge >= 0.3 is 6.01 Å². The summed E-state index contributed by atoms with van der Waals surface area (Å²) in [7, 11) is 0. The van der Waals surface area contributed by atoms with Crippen molar-refractivity contribution in [3.63, 3.8) is 0 Å². The minimum absolute atomic E-state index is 0.478. The number of nitrogens with zero attached hydrogens (tertiary/aromatic N) is 2. The molecule has 1 aliphatic heterocycles. The predicted octanol–water partition coefficient (Wildman–Crippen LogP) is 1.49. The zero-order valence-corrected chi connectivity index (χ0v) is 10.3. The number of hydrogen-bond acceptors (Lipinski definition) is 6. The number of nitrogens with one attached hydrogen (secondary N) is 2. The van der Waals surface area contributed by atoms with Crippen LogP contribution in [0.1, 0.15) is 25.7 Å². The van der Waals surface area contributed by atoms with Crippen molar-refractivity contribution in [1.82, 2.24) is 15.5 Å². The molecule has 90 valence electrons. The molecule has 2 heterocycles. The summed E-state index contributed by atoms with van der Waals surface area (Å²) in [4.78, 5) is 0. The highest BCUT2D eigenvalue weighted by Gasteiger charge is 2.16. The van der Waals surface area contributed by atoms with Crippen LogP contribution in [0.3, 0.4) is 0 Å². The largest absolute Gasteiger partial charge is 0.407 e. The van der Waals surface area contributed by atoms with Crippen LogP contribution in [0.2, 0.25) is 0 Å². The smallest absolute Gasteiger partial charge is 0.315 e. The van der Waals surface area contributed by atoms with Crippen LogP contribution in [0.25, 0.3) is 0 Å². The predicted molar refractivity (Wildman–Crippen MR) is 65.6 cm³/mol. The minimum Gasteiger partial charge on any atom is -0.407 e. The Morgan fingerprint density at radius 3 is 3.19 bits per heavy atom. The molecule has 0 aromatic carbocycles. The van der Waals surface area contributed by atoms with Crippen LogP contribution >= 0.6 is 11.8 Å². The Labute approximate surface area is 99.8 Å². The van der Waals surface area contributed by atoms with Gasteiger partial charge in [-0.15, -0.1) is 5.10 Å². The van der Waals surface area contributed by atoms with Crippen molar-refractivity contribution < 1.29 is 4.42 Å². The molecular weight excluding hydrogens is 224 g/mol. The summed E-state index contributed by atoms with van der Waals surface area (Å²) >= 11 is 1.98. The first kappa shape index (κ1) is 11.7. The summed E-state index contributed by atoms with van der Waals surface area (Å²) in [5.41, 5.74) is 0. The van der Waals surface area contributed by atoms with Crippen molar-refractivity contribution >= 4 is 17.8 Å². The van der Waals surface area contributed by atoms with Crippen LogP contribution in [-0.4, -0.2) is 34.3 Å². The monoisotopic (exact) mass is 242 g/mol. The van der Waals surface area contributed by atoms with Gasteiger partial charge in [-0.05, 0) is 25.1 Å². The number of rotatable bonds is 5. The molecule has 1 fully saturated rings. The quantitative estimate of drug-likeness (QED) is 0.815. The van der Waals surface area contributed by atoms with E-state index < -0.39 is 0 Å². The molecule has 0 amide bonds. The zero-order chi connectivity index (χ0) is 11.2. The van der Waals surface area contributed by atoms with Crippen LogP contribution in [0, 0.1) is 0 Å². The summed E-state index contributed by atoms with van der Waals surface area (Å²) in [5.74, 6) is 3.05. The fourth-order valence-electron chi connectivity index (χ4n) is 1.64. The SMILES string of the molecule is CCNCc1nnc(NC2CCCSC2)o1.